The molecule has 0 aliphatic carbocycles. The third-order valence-electron chi connectivity index (χ3n) is 9.60. The van der Waals surface area contributed by atoms with E-state index in [4.69, 9.17) is 0 Å². The molecule has 3 nitrogen and oxygen atoms in total. The molecule has 4 aliphatic rings. The highest BCUT2D eigenvalue weighted by Crippen LogP contribution is 2.45. The smallest absolute Gasteiger partial charge is 0.332 e. The van der Waals surface area contributed by atoms with Crippen LogP contribution < -0.4 is 27.2 Å². The van der Waals surface area contributed by atoms with Crippen LogP contribution in [0.3, 0.4) is 0 Å². The van der Waals surface area contributed by atoms with Gasteiger partial charge in [0, 0.05) is 43.3 Å². The van der Waals surface area contributed by atoms with Gasteiger partial charge >= 0.3 is 13.7 Å². The third kappa shape index (κ3) is 2.20. The van der Waals surface area contributed by atoms with Crippen LogP contribution in [-0.2, 0) is 0 Å². The van der Waals surface area contributed by atoms with Crippen LogP contribution in [0, 0.1) is 0 Å². The van der Waals surface area contributed by atoms with E-state index in [1.54, 1.807) is 0 Å². The molecule has 0 atom stereocenters. The molecule has 0 saturated heterocycles. The van der Waals surface area contributed by atoms with Gasteiger partial charge < -0.3 is 14.3 Å². The molecule has 0 bridgehead atoms. The summed E-state index contributed by atoms with van der Waals surface area (Å²) in [6.07, 6.45) is 4.59. The molecule has 11 rings (SSSR count). The Kier molecular flexibility index (Phi) is 3.45. The number of nitrogens with one attached hydrogen (secondary N) is 1. The maximum Gasteiger partial charge on any atom is 0.332 e. The zero-order valence-corrected chi connectivity index (χ0v) is 22.2. The van der Waals surface area contributed by atoms with Crippen LogP contribution in [0.4, 0.5) is 11.4 Å². The molecule has 6 heterocycles. The monoisotopic (exact) mass is 523 g/mol. The first-order chi connectivity index (χ1) is 19.8. The molecule has 0 radical (unpaired) electrons. The highest BCUT2D eigenvalue weighted by Gasteiger charge is 2.45. The Hall–Kier alpha value is -4.54. The third-order valence-corrected chi connectivity index (χ3v) is 10.8. The Morgan fingerprint density at radius 1 is 0.575 bits per heavy atom. The number of hydrogen-bond donors (Lipinski definition) is 1. The zero-order valence-electron chi connectivity index (χ0n) is 21.3. The van der Waals surface area contributed by atoms with Crippen LogP contribution in [0.1, 0.15) is 0 Å². The summed E-state index contributed by atoms with van der Waals surface area (Å²) in [5, 5.41) is 6.58. The van der Waals surface area contributed by atoms with Crippen molar-refractivity contribution in [1.82, 2.24) is 8.96 Å². The first-order valence-electron chi connectivity index (χ1n) is 13.9. The number of hydrogen-bond acceptors (Lipinski definition) is 2. The van der Waals surface area contributed by atoms with E-state index in [0.29, 0.717) is 0 Å². The van der Waals surface area contributed by atoms with Crippen molar-refractivity contribution in [1.29, 1.82) is 0 Å². The molecule has 0 spiro atoms. The topological polar surface area (TPSA) is 21.9 Å². The van der Waals surface area contributed by atoms with Crippen molar-refractivity contribution >= 4 is 80.5 Å². The molecule has 0 unspecified atom stereocenters. The van der Waals surface area contributed by atoms with Gasteiger partial charge in [-0.1, -0.05) is 84.6 Å². The van der Waals surface area contributed by atoms with Gasteiger partial charge in [0.2, 0.25) is 0 Å². The van der Waals surface area contributed by atoms with Gasteiger partial charge in [-0.2, -0.15) is 0 Å². The summed E-state index contributed by atoms with van der Waals surface area (Å²) in [6, 6.07) is 36.4. The second kappa shape index (κ2) is 6.78. The highest BCUT2D eigenvalue weighted by molar-refractivity contribution is 8.00. The number of fused-ring (bicyclic) bond motifs is 9. The Morgan fingerprint density at radius 3 is 2.05 bits per heavy atom. The van der Waals surface area contributed by atoms with Crippen molar-refractivity contribution < 1.29 is 0 Å². The minimum absolute atomic E-state index is 0.140. The van der Waals surface area contributed by atoms with Gasteiger partial charge in [-0.05, 0) is 80.4 Å². The summed E-state index contributed by atoms with van der Waals surface area (Å²) >= 11 is 1.94. The Labute approximate surface area is 235 Å². The average molecular weight is 523 g/mol. The molecule has 5 aromatic carbocycles. The predicted molar refractivity (Wildman–Crippen MR) is 169 cm³/mol. The van der Waals surface area contributed by atoms with E-state index in [1.165, 1.54) is 87.1 Å². The highest BCUT2D eigenvalue weighted by atomic mass is 32.2. The molecule has 40 heavy (non-hydrogen) atoms. The molecule has 4 aliphatic heterocycles. The standard InChI is InChI=1S/C34H19B2N3S/c1-2-12-27-25(11-1)35-30-24(23-10-4-7-20-14-16-38(35)33(20)23)18-26-34(31(30)37-27)40-28-13-5-8-21-22-9-3-6-19-15-17-39(32(19)22)36(26)29(21)28/h1-18,37H. The lowest BCUT2D eigenvalue weighted by Crippen LogP contribution is -2.58. The van der Waals surface area contributed by atoms with Crippen molar-refractivity contribution in [3.05, 3.63) is 109 Å². The number of para-hydroxylation sites is 3. The molecule has 0 fully saturated rings. The van der Waals surface area contributed by atoms with E-state index >= 15 is 0 Å². The van der Waals surface area contributed by atoms with Gasteiger partial charge in [0.25, 0.3) is 0 Å². The molecule has 0 amide bonds. The maximum absolute atomic E-state index is 3.97. The van der Waals surface area contributed by atoms with Gasteiger partial charge in [-0.3, -0.25) is 0 Å². The first kappa shape index (κ1) is 20.4. The molecule has 182 valence electrons. The number of rotatable bonds is 0. The van der Waals surface area contributed by atoms with Gasteiger partial charge in [0.05, 0.1) is 0 Å². The largest absolute Gasteiger partial charge is 0.382 e. The van der Waals surface area contributed by atoms with Crippen molar-refractivity contribution in [3.8, 4) is 22.3 Å². The second-order valence-electron chi connectivity index (χ2n) is 11.4. The molecule has 7 aromatic rings. The van der Waals surface area contributed by atoms with Crippen LogP contribution in [-0.4, -0.2) is 22.7 Å². The number of benzene rings is 5. The summed E-state index contributed by atoms with van der Waals surface area (Å²) in [7, 11) is 0. The van der Waals surface area contributed by atoms with Crippen molar-refractivity contribution in [2.75, 3.05) is 5.32 Å². The fourth-order valence-corrected chi connectivity index (χ4v) is 9.33. The minimum Gasteiger partial charge on any atom is -0.382 e. The summed E-state index contributed by atoms with van der Waals surface area (Å²) < 4.78 is 5.04. The van der Waals surface area contributed by atoms with Crippen molar-refractivity contribution in [2.24, 2.45) is 0 Å². The number of aromatic nitrogens is 2. The summed E-state index contributed by atoms with van der Waals surface area (Å²) in [6.45, 7) is 0.292. The van der Waals surface area contributed by atoms with E-state index in [0.717, 1.165) is 0 Å². The normalized spacial score (nSPS) is 14.5. The van der Waals surface area contributed by atoms with Crippen LogP contribution in [0.5, 0.6) is 0 Å². The summed E-state index contributed by atoms with van der Waals surface area (Å²) in [5.74, 6) is 0. The second-order valence-corrected chi connectivity index (χ2v) is 12.5. The van der Waals surface area contributed by atoms with Gasteiger partial charge in [0.15, 0.2) is 0 Å². The van der Waals surface area contributed by atoms with Gasteiger partial charge in [-0.25, -0.2) is 0 Å². The minimum atomic E-state index is 0.140. The molecular weight excluding hydrogens is 504 g/mol. The average Bonchev–Trinajstić information content (AvgIpc) is 3.63. The van der Waals surface area contributed by atoms with E-state index in [9.17, 15) is 0 Å². The summed E-state index contributed by atoms with van der Waals surface area (Å²) in [4.78, 5) is 2.72. The van der Waals surface area contributed by atoms with E-state index in [1.807, 2.05) is 11.8 Å². The van der Waals surface area contributed by atoms with Gasteiger partial charge in [0.1, 0.15) is 0 Å². The lowest BCUT2D eigenvalue weighted by Gasteiger charge is -2.39. The lowest BCUT2D eigenvalue weighted by molar-refractivity contribution is 1.23. The fourth-order valence-electron chi connectivity index (χ4n) is 8.08. The predicted octanol–water partition coefficient (Wildman–Crippen LogP) is 5.39. The number of anilines is 2. The number of nitrogens with zero attached hydrogens (tertiary/aromatic N) is 2. The Morgan fingerprint density at radius 2 is 1.25 bits per heavy atom. The maximum atomic E-state index is 3.97. The van der Waals surface area contributed by atoms with E-state index in [2.05, 4.69) is 124 Å². The van der Waals surface area contributed by atoms with Crippen molar-refractivity contribution in [3.63, 3.8) is 0 Å². The molecular formula is C34H19B2N3S. The lowest BCUT2D eigenvalue weighted by atomic mass is 9.43. The van der Waals surface area contributed by atoms with E-state index in [-0.39, 0.29) is 13.7 Å². The molecule has 1 N–H and O–H groups in total. The Bertz CT molecular complexity index is 2310. The first-order valence-corrected chi connectivity index (χ1v) is 14.7. The van der Waals surface area contributed by atoms with Crippen LogP contribution >= 0.6 is 11.8 Å². The van der Waals surface area contributed by atoms with Crippen LogP contribution in [0.25, 0.3) is 44.1 Å². The van der Waals surface area contributed by atoms with Gasteiger partial charge in [-0.15, -0.1) is 0 Å². The Balaban J connectivity index is 1.31. The van der Waals surface area contributed by atoms with E-state index < -0.39 is 0 Å². The SMILES string of the molecule is c1ccc2c(c1)Nc1c3c(cc4c1B2n1ccc2cccc-4c21)B1c2c(cccc2-c2cccc4ccn1c24)S3. The molecule has 0 saturated carbocycles. The summed E-state index contributed by atoms with van der Waals surface area (Å²) in [5.41, 5.74) is 16.1. The zero-order chi connectivity index (χ0) is 25.7. The fraction of sp³-hybridized carbons (Fsp3) is 0. The van der Waals surface area contributed by atoms with Crippen molar-refractivity contribution in [2.45, 2.75) is 9.79 Å². The molecule has 6 heteroatoms. The van der Waals surface area contributed by atoms with Crippen LogP contribution in [0.15, 0.2) is 119 Å². The molecule has 2 aromatic heterocycles. The van der Waals surface area contributed by atoms with Crippen LogP contribution in [0.2, 0.25) is 0 Å². The quantitative estimate of drug-likeness (QED) is 0.270.